The molecule has 1 amide bonds. The van der Waals surface area contributed by atoms with E-state index >= 15 is 0 Å². The van der Waals surface area contributed by atoms with Crippen LogP contribution in [0.4, 0.5) is 5.69 Å². The van der Waals surface area contributed by atoms with E-state index < -0.39 is 5.97 Å². The number of nitrogens with one attached hydrogen (secondary N) is 1. The molecule has 2 N–H and O–H groups in total. The number of aromatic carboxylic acids is 1. The lowest BCUT2D eigenvalue weighted by atomic mass is 10.0. The van der Waals surface area contributed by atoms with Crippen LogP contribution >= 0.6 is 0 Å². The molecule has 1 aliphatic rings. The average molecular weight is 250 g/mol. The number of carbonyl (C=O) groups is 2. The fraction of sp³-hybridized carbons (Fsp3) is 0.417. The first-order valence-corrected chi connectivity index (χ1v) is 5.75. The molecule has 1 aromatic heterocycles. The third-order valence-corrected chi connectivity index (χ3v) is 2.80. The predicted octanol–water partition coefficient (Wildman–Crippen LogP) is 1.14. The Hall–Kier alpha value is -1.95. The second-order valence-electron chi connectivity index (χ2n) is 4.11. The molecule has 2 heterocycles. The molecule has 6 heteroatoms. The molecule has 0 spiro atoms. The van der Waals surface area contributed by atoms with Gasteiger partial charge in [0.15, 0.2) is 5.69 Å². The summed E-state index contributed by atoms with van der Waals surface area (Å²) in [4.78, 5) is 26.6. The van der Waals surface area contributed by atoms with Gasteiger partial charge in [-0.3, -0.25) is 4.79 Å². The molecule has 0 aromatic carbocycles. The van der Waals surface area contributed by atoms with Gasteiger partial charge in [-0.15, -0.1) is 0 Å². The second kappa shape index (κ2) is 5.59. The molecule has 96 valence electrons. The van der Waals surface area contributed by atoms with Crippen LogP contribution in [0.5, 0.6) is 0 Å². The maximum absolute atomic E-state index is 11.9. The van der Waals surface area contributed by atoms with E-state index in [9.17, 15) is 9.59 Å². The second-order valence-corrected chi connectivity index (χ2v) is 4.11. The minimum atomic E-state index is -1.16. The Kier molecular flexibility index (Phi) is 3.88. The van der Waals surface area contributed by atoms with Crippen LogP contribution in [0.3, 0.4) is 0 Å². The van der Waals surface area contributed by atoms with E-state index in [0.717, 1.165) is 12.8 Å². The summed E-state index contributed by atoms with van der Waals surface area (Å²) in [6, 6.07) is 3.11. The molecular formula is C12H14N2O4. The van der Waals surface area contributed by atoms with Crippen molar-refractivity contribution in [2.24, 2.45) is 5.92 Å². The topological polar surface area (TPSA) is 88.5 Å². The Morgan fingerprint density at radius 1 is 1.50 bits per heavy atom. The van der Waals surface area contributed by atoms with Gasteiger partial charge in [0, 0.05) is 12.8 Å². The summed E-state index contributed by atoms with van der Waals surface area (Å²) in [5.41, 5.74) is 0.0724. The zero-order valence-corrected chi connectivity index (χ0v) is 9.76. The number of rotatable bonds is 3. The minimum Gasteiger partial charge on any atom is -0.476 e. The fourth-order valence-electron chi connectivity index (χ4n) is 1.86. The van der Waals surface area contributed by atoms with Crippen LogP contribution in [-0.2, 0) is 9.53 Å². The van der Waals surface area contributed by atoms with Crippen molar-refractivity contribution in [3.8, 4) is 0 Å². The highest BCUT2D eigenvalue weighted by atomic mass is 16.5. The number of anilines is 1. The lowest BCUT2D eigenvalue weighted by Gasteiger charge is -2.21. The highest BCUT2D eigenvalue weighted by Crippen LogP contribution is 2.18. The number of hydrogen-bond donors (Lipinski definition) is 2. The SMILES string of the molecule is O=C(O)c1ncccc1NC(=O)C1CCCOC1. The van der Waals surface area contributed by atoms with Crippen molar-refractivity contribution >= 4 is 17.6 Å². The first kappa shape index (κ1) is 12.5. The summed E-state index contributed by atoms with van der Waals surface area (Å²) in [5, 5.41) is 11.5. The Morgan fingerprint density at radius 2 is 2.33 bits per heavy atom. The lowest BCUT2D eigenvalue weighted by Crippen LogP contribution is -2.30. The van der Waals surface area contributed by atoms with Crippen LogP contribution in [0, 0.1) is 5.92 Å². The van der Waals surface area contributed by atoms with E-state index in [2.05, 4.69) is 10.3 Å². The average Bonchev–Trinajstić information content (AvgIpc) is 2.40. The van der Waals surface area contributed by atoms with Crippen LogP contribution < -0.4 is 5.32 Å². The van der Waals surface area contributed by atoms with Crippen LogP contribution in [0.15, 0.2) is 18.3 Å². The molecule has 0 saturated carbocycles. The molecule has 2 rings (SSSR count). The van der Waals surface area contributed by atoms with Gasteiger partial charge in [0.05, 0.1) is 18.2 Å². The maximum atomic E-state index is 11.9. The van der Waals surface area contributed by atoms with Gasteiger partial charge >= 0.3 is 5.97 Å². The first-order valence-electron chi connectivity index (χ1n) is 5.75. The van der Waals surface area contributed by atoms with E-state index in [4.69, 9.17) is 9.84 Å². The van der Waals surface area contributed by atoms with Crippen molar-refractivity contribution in [3.63, 3.8) is 0 Å². The third kappa shape index (κ3) is 2.84. The Bertz CT molecular complexity index is 455. The smallest absolute Gasteiger partial charge is 0.356 e. The standard InChI is InChI=1S/C12H14N2O4/c15-11(8-3-2-6-18-7-8)14-9-4-1-5-13-10(9)12(16)17/h1,4-5,8H,2-3,6-7H2,(H,14,15)(H,16,17). The van der Waals surface area contributed by atoms with Crippen molar-refractivity contribution in [2.45, 2.75) is 12.8 Å². The van der Waals surface area contributed by atoms with Gasteiger partial charge in [0.25, 0.3) is 0 Å². The minimum absolute atomic E-state index is 0.150. The first-order chi connectivity index (χ1) is 8.68. The molecule has 6 nitrogen and oxygen atoms in total. The van der Waals surface area contributed by atoms with Gasteiger partial charge in [0.2, 0.25) is 5.91 Å². The summed E-state index contributed by atoms with van der Waals surface area (Å²) in [5.74, 6) is -1.60. The maximum Gasteiger partial charge on any atom is 0.356 e. The Labute approximate surface area is 104 Å². The van der Waals surface area contributed by atoms with Gasteiger partial charge < -0.3 is 15.2 Å². The number of aromatic nitrogens is 1. The van der Waals surface area contributed by atoms with Crippen LogP contribution in [0.25, 0.3) is 0 Å². The van der Waals surface area contributed by atoms with Crippen LogP contribution in [0.2, 0.25) is 0 Å². The fourth-order valence-corrected chi connectivity index (χ4v) is 1.86. The quantitative estimate of drug-likeness (QED) is 0.839. The van der Waals surface area contributed by atoms with E-state index in [0.29, 0.717) is 13.2 Å². The number of ether oxygens (including phenoxy) is 1. The molecule has 1 atom stereocenters. The van der Waals surface area contributed by atoms with Gasteiger partial charge in [-0.1, -0.05) is 0 Å². The number of hydrogen-bond acceptors (Lipinski definition) is 4. The number of carboxylic acids is 1. The van der Waals surface area contributed by atoms with E-state index in [-0.39, 0.29) is 23.2 Å². The van der Waals surface area contributed by atoms with Crippen molar-refractivity contribution in [3.05, 3.63) is 24.0 Å². The number of carboxylic acid groups (broad SMARTS) is 1. The Morgan fingerprint density at radius 3 is 3.00 bits per heavy atom. The van der Waals surface area contributed by atoms with Gasteiger partial charge in [-0.05, 0) is 25.0 Å². The molecule has 1 fully saturated rings. The van der Waals surface area contributed by atoms with Crippen molar-refractivity contribution in [2.75, 3.05) is 18.5 Å². The van der Waals surface area contributed by atoms with Crippen LogP contribution in [-0.4, -0.2) is 35.2 Å². The zero-order chi connectivity index (χ0) is 13.0. The number of amides is 1. The summed E-state index contributed by atoms with van der Waals surface area (Å²) in [6.45, 7) is 1.06. The molecule has 1 unspecified atom stereocenters. The van der Waals surface area contributed by atoms with Crippen molar-refractivity contribution in [1.29, 1.82) is 0 Å². The number of pyridine rings is 1. The number of carbonyl (C=O) groups excluding carboxylic acids is 1. The van der Waals surface area contributed by atoms with E-state index in [1.807, 2.05) is 0 Å². The summed E-state index contributed by atoms with van der Waals surface area (Å²) < 4.78 is 5.23. The lowest BCUT2D eigenvalue weighted by molar-refractivity contribution is -0.123. The largest absolute Gasteiger partial charge is 0.476 e. The molecule has 18 heavy (non-hydrogen) atoms. The van der Waals surface area contributed by atoms with E-state index in [1.165, 1.54) is 12.3 Å². The molecule has 0 aliphatic carbocycles. The summed E-state index contributed by atoms with van der Waals surface area (Å²) >= 11 is 0. The third-order valence-electron chi connectivity index (χ3n) is 2.80. The predicted molar refractivity (Wildman–Crippen MR) is 63.4 cm³/mol. The monoisotopic (exact) mass is 250 g/mol. The van der Waals surface area contributed by atoms with Crippen LogP contribution in [0.1, 0.15) is 23.3 Å². The molecule has 0 radical (unpaired) electrons. The highest BCUT2D eigenvalue weighted by Gasteiger charge is 2.23. The Balaban J connectivity index is 2.08. The molecule has 1 aromatic rings. The molecular weight excluding hydrogens is 236 g/mol. The van der Waals surface area contributed by atoms with Gasteiger partial charge in [0.1, 0.15) is 0 Å². The number of nitrogens with zero attached hydrogens (tertiary/aromatic N) is 1. The van der Waals surface area contributed by atoms with Crippen molar-refractivity contribution < 1.29 is 19.4 Å². The van der Waals surface area contributed by atoms with Gasteiger partial charge in [-0.25, -0.2) is 9.78 Å². The van der Waals surface area contributed by atoms with Gasteiger partial charge in [-0.2, -0.15) is 0 Å². The summed E-state index contributed by atoms with van der Waals surface area (Å²) in [6.07, 6.45) is 2.98. The molecule has 1 aliphatic heterocycles. The normalized spacial score (nSPS) is 19.2. The summed E-state index contributed by atoms with van der Waals surface area (Å²) in [7, 11) is 0. The molecule has 0 bridgehead atoms. The highest BCUT2D eigenvalue weighted by molar-refractivity contribution is 5.99. The van der Waals surface area contributed by atoms with Crippen molar-refractivity contribution in [1.82, 2.24) is 4.98 Å². The molecule has 1 saturated heterocycles. The van der Waals surface area contributed by atoms with E-state index in [1.54, 1.807) is 6.07 Å². The zero-order valence-electron chi connectivity index (χ0n) is 9.76.